The zero-order valence-corrected chi connectivity index (χ0v) is 13.7. The molecule has 0 saturated heterocycles. The molecule has 0 aliphatic rings. The van der Waals surface area contributed by atoms with Crippen molar-refractivity contribution >= 4 is 10.0 Å². The van der Waals surface area contributed by atoms with Gasteiger partial charge < -0.3 is 9.26 Å². The molecule has 2 aromatic rings. The molecule has 0 aliphatic heterocycles. The molecule has 6 nitrogen and oxygen atoms in total. The largest absolute Gasteiger partial charge is 0.492 e. The Balaban J connectivity index is 1.88. The number of sulfonamides is 1. The lowest BCUT2D eigenvalue weighted by Crippen LogP contribution is -2.29. The van der Waals surface area contributed by atoms with Gasteiger partial charge in [-0.1, -0.05) is 24.2 Å². The standard InChI is InChI=1S/C15H20N2O4S/c1-4-13-5-7-14(8-6-13)20-10-9-16-22(18,19)15-11(2)17-21-12(15)3/h5-8,16H,4,9-10H2,1-3H3. The maximum atomic E-state index is 12.2. The molecule has 0 bridgehead atoms. The number of hydrogen-bond acceptors (Lipinski definition) is 5. The highest BCUT2D eigenvalue weighted by Gasteiger charge is 2.23. The minimum atomic E-state index is -3.63. The summed E-state index contributed by atoms with van der Waals surface area (Å²) >= 11 is 0. The average molecular weight is 324 g/mol. The topological polar surface area (TPSA) is 81.4 Å². The van der Waals surface area contributed by atoms with Gasteiger partial charge in [0.1, 0.15) is 22.9 Å². The number of ether oxygens (including phenoxy) is 1. The van der Waals surface area contributed by atoms with Crippen LogP contribution >= 0.6 is 0 Å². The van der Waals surface area contributed by atoms with E-state index in [9.17, 15) is 8.42 Å². The molecular formula is C15H20N2O4S. The zero-order chi connectivity index (χ0) is 16.2. The van der Waals surface area contributed by atoms with E-state index >= 15 is 0 Å². The molecule has 0 radical (unpaired) electrons. The van der Waals surface area contributed by atoms with Crippen LogP contribution in [0.15, 0.2) is 33.7 Å². The van der Waals surface area contributed by atoms with E-state index < -0.39 is 10.0 Å². The minimum absolute atomic E-state index is 0.0970. The first kappa shape index (κ1) is 16.5. The molecule has 120 valence electrons. The molecule has 1 N–H and O–H groups in total. The Morgan fingerprint density at radius 1 is 1.23 bits per heavy atom. The second-order valence-electron chi connectivity index (χ2n) is 4.90. The monoisotopic (exact) mass is 324 g/mol. The highest BCUT2D eigenvalue weighted by atomic mass is 32.2. The molecule has 2 rings (SSSR count). The van der Waals surface area contributed by atoms with Crippen LogP contribution in [0.4, 0.5) is 0 Å². The average Bonchev–Trinajstić information content (AvgIpc) is 2.84. The third kappa shape index (κ3) is 3.86. The van der Waals surface area contributed by atoms with Gasteiger partial charge in [-0.3, -0.25) is 0 Å². The van der Waals surface area contributed by atoms with Gasteiger partial charge in [-0.15, -0.1) is 0 Å². The summed E-state index contributed by atoms with van der Waals surface area (Å²) in [5, 5.41) is 3.65. The van der Waals surface area contributed by atoms with Gasteiger partial charge in [0.05, 0.1) is 0 Å². The molecule has 0 saturated carbocycles. The lowest BCUT2D eigenvalue weighted by atomic mass is 10.2. The first-order valence-corrected chi connectivity index (χ1v) is 8.56. The van der Waals surface area contributed by atoms with E-state index in [1.807, 2.05) is 24.3 Å². The lowest BCUT2D eigenvalue weighted by molar-refractivity contribution is 0.322. The smallest absolute Gasteiger partial charge is 0.246 e. The first-order valence-electron chi connectivity index (χ1n) is 7.08. The first-order chi connectivity index (χ1) is 10.4. The van der Waals surface area contributed by atoms with Crippen molar-refractivity contribution in [3.05, 3.63) is 41.3 Å². The predicted molar refractivity (Wildman–Crippen MR) is 82.5 cm³/mol. The molecule has 0 amide bonds. The zero-order valence-electron chi connectivity index (χ0n) is 12.9. The summed E-state index contributed by atoms with van der Waals surface area (Å²) in [6.07, 6.45) is 0.970. The van der Waals surface area contributed by atoms with Crippen molar-refractivity contribution in [2.45, 2.75) is 32.1 Å². The van der Waals surface area contributed by atoms with Crippen molar-refractivity contribution in [2.75, 3.05) is 13.2 Å². The van der Waals surface area contributed by atoms with E-state index in [1.165, 1.54) is 5.56 Å². The van der Waals surface area contributed by atoms with Gasteiger partial charge in [-0.2, -0.15) is 0 Å². The molecule has 7 heteroatoms. The van der Waals surface area contributed by atoms with E-state index in [2.05, 4.69) is 16.8 Å². The van der Waals surface area contributed by atoms with Crippen LogP contribution in [0.3, 0.4) is 0 Å². The SMILES string of the molecule is CCc1ccc(OCCNS(=O)(=O)c2c(C)noc2C)cc1. The molecule has 0 aliphatic carbocycles. The van der Waals surface area contributed by atoms with E-state index in [0.29, 0.717) is 11.4 Å². The van der Waals surface area contributed by atoms with Crippen LogP contribution in [-0.2, 0) is 16.4 Å². The predicted octanol–water partition coefficient (Wildman–Crippen LogP) is 2.21. The Labute approximate surface area is 130 Å². The maximum Gasteiger partial charge on any atom is 0.246 e. The van der Waals surface area contributed by atoms with E-state index in [4.69, 9.17) is 9.26 Å². The number of nitrogens with one attached hydrogen (secondary N) is 1. The fourth-order valence-corrected chi connectivity index (χ4v) is 3.44. The molecule has 1 heterocycles. The van der Waals surface area contributed by atoms with Crippen LogP contribution in [0.5, 0.6) is 5.75 Å². The molecule has 0 fully saturated rings. The maximum absolute atomic E-state index is 12.2. The molecule has 0 spiro atoms. The van der Waals surface area contributed by atoms with Crippen molar-refractivity contribution in [2.24, 2.45) is 0 Å². The quantitative estimate of drug-likeness (QED) is 0.790. The summed E-state index contributed by atoms with van der Waals surface area (Å²) in [4.78, 5) is 0.0970. The highest BCUT2D eigenvalue weighted by Crippen LogP contribution is 2.18. The number of aryl methyl sites for hydroxylation is 3. The second-order valence-corrected chi connectivity index (χ2v) is 6.60. The fourth-order valence-electron chi connectivity index (χ4n) is 2.10. The Bertz CT molecular complexity index is 701. The summed E-state index contributed by atoms with van der Waals surface area (Å²) in [7, 11) is -3.63. The van der Waals surface area contributed by atoms with Crippen LogP contribution in [0.1, 0.15) is 23.9 Å². The Kier molecular flexibility index (Phi) is 5.20. The van der Waals surface area contributed by atoms with E-state index in [0.717, 1.165) is 6.42 Å². The number of hydrogen-bond donors (Lipinski definition) is 1. The van der Waals surface area contributed by atoms with E-state index in [1.54, 1.807) is 13.8 Å². The molecule has 0 unspecified atom stereocenters. The summed E-state index contributed by atoms with van der Waals surface area (Å²) < 4.78 is 37.2. The molecule has 1 aromatic carbocycles. The fraction of sp³-hybridized carbons (Fsp3) is 0.400. The highest BCUT2D eigenvalue weighted by molar-refractivity contribution is 7.89. The normalized spacial score (nSPS) is 11.6. The summed E-state index contributed by atoms with van der Waals surface area (Å²) in [6, 6.07) is 7.73. The Morgan fingerprint density at radius 3 is 2.45 bits per heavy atom. The number of benzene rings is 1. The van der Waals surface area contributed by atoms with Crippen LogP contribution in [0.25, 0.3) is 0 Å². The van der Waals surface area contributed by atoms with E-state index in [-0.39, 0.29) is 23.8 Å². The lowest BCUT2D eigenvalue weighted by Gasteiger charge is -2.08. The van der Waals surface area contributed by atoms with Crippen LogP contribution in [0.2, 0.25) is 0 Å². The van der Waals surface area contributed by atoms with Gasteiger partial charge in [0.25, 0.3) is 0 Å². The van der Waals surface area contributed by atoms with Crippen molar-refractivity contribution < 1.29 is 17.7 Å². The molecule has 1 aromatic heterocycles. The minimum Gasteiger partial charge on any atom is -0.492 e. The Hall–Kier alpha value is -1.86. The van der Waals surface area contributed by atoms with Gasteiger partial charge in [-0.05, 0) is 38.0 Å². The summed E-state index contributed by atoms with van der Waals surface area (Å²) in [5.41, 5.74) is 1.58. The Morgan fingerprint density at radius 2 is 1.91 bits per heavy atom. The van der Waals surface area contributed by atoms with Gasteiger partial charge in [0, 0.05) is 6.54 Å². The van der Waals surface area contributed by atoms with Gasteiger partial charge in [0.15, 0.2) is 5.76 Å². The van der Waals surface area contributed by atoms with Crippen molar-refractivity contribution in [1.29, 1.82) is 0 Å². The molecule has 22 heavy (non-hydrogen) atoms. The van der Waals surface area contributed by atoms with Crippen LogP contribution in [0, 0.1) is 13.8 Å². The van der Waals surface area contributed by atoms with Crippen molar-refractivity contribution in [3.63, 3.8) is 0 Å². The number of aromatic nitrogens is 1. The number of nitrogens with zero attached hydrogens (tertiary/aromatic N) is 1. The van der Waals surface area contributed by atoms with Gasteiger partial charge in [-0.25, -0.2) is 13.1 Å². The van der Waals surface area contributed by atoms with Crippen LogP contribution < -0.4 is 9.46 Å². The third-order valence-electron chi connectivity index (χ3n) is 3.23. The molecular weight excluding hydrogens is 304 g/mol. The van der Waals surface area contributed by atoms with Crippen molar-refractivity contribution in [1.82, 2.24) is 9.88 Å². The number of rotatable bonds is 7. The van der Waals surface area contributed by atoms with Crippen molar-refractivity contribution in [3.8, 4) is 5.75 Å². The van der Waals surface area contributed by atoms with Crippen LogP contribution in [-0.4, -0.2) is 26.7 Å². The third-order valence-corrected chi connectivity index (χ3v) is 4.94. The summed E-state index contributed by atoms with van der Waals surface area (Å²) in [6.45, 7) is 5.66. The summed E-state index contributed by atoms with van der Waals surface area (Å²) in [5.74, 6) is 0.995. The second kappa shape index (κ2) is 6.93. The van der Waals surface area contributed by atoms with Gasteiger partial charge >= 0.3 is 0 Å². The van der Waals surface area contributed by atoms with Gasteiger partial charge in [0.2, 0.25) is 10.0 Å². The molecule has 0 atom stereocenters.